The number of rotatable bonds is 1. The molecule has 2 nitrogen and oxygen atoms in total. The molecule has 0 saturated heterocycles. The number of aldehydes is 1. The summed E-state index contributed by atoms with van der Waals surface area (Å²) < 4.78 is 0. The van der Waals surface area contributed by atoms with Crippen molar-refractivity contribution in [3.05, 3.63) is 29.8 Å². The second-order valence-electron chi connectivity index (χ2n) is 1.68. The first-order valence-corrected chi connectivity index (χ1v) is 2.58. The second-order valence-corrected chi connectivity index (χ2v) is 1.68. The van der Waals surface area contributed by atoms with Crippen molar-refractivity contribution < 1.29 is 9.90 Å². The first-order valence-electron chi connectivity index (χ1n) is 2.58. The van der Waals surface area contributed by atoms with E-state index in [0.29, 0.717) is 11.8 Å². The van der Waals surface area contributed by atoms with Gasteiger partial charge >= 0.3 is 0 Å². The number of para-hydroxylation sites is 1. The molecule has 0 amide bonds. The summed E-state index contributed by atoms with van der Waals surface area (Å²) in [4.78, 5) is 10.1. The van der Waals surface area contributed by atoms with Crippen LogP contribution in [0, 0.1) is 0 Å². The summed E-state index contributed by atoms with van der Waals surface area (Å²) in [5, 5.41) is 8.88. The fourth-order valence-corrected chi connectivity index (χ4v) is 0.587. The Morgan fingerprint density at radius 3 is 2.30 bits per heavy atom. The molecule has 0 bridgehead atoms. The van der Waals surface area contributed by atoms with Crippen LogP contribution < -0.4 is 0 Å². The molecule has 1 N–H and O–H groups in total. The minimum atomic E-state index is 0. The van der Waals surface area contributed by atoms with Crippen LogP contribution >= 0.6 is 0 Å². The Kier molecular flexibility index (Phi) is 4.19. The summed E-state index contributed by atoms with van der Waals surface area (Å²) in [6, 6.07) is 6.40. The van der Waals surface area contributed by atoms with E-state index in [1.165, 1.54) is 6.07 Å². The van der Waals surface area contributed by atoms with Gasteiger partial charge in [-0.2, -0.15) is 0 Å². The van der Waals surface area contributed by atoms with Gasteiger partial charge in [-0.15, -0.1) is 0 Å². The van der Waals surface area contributed by atoms with E-state index in [1.54, 1.807) is 18.2 Å². The van der Waals surface area contributed by atoms with Gasteiger partial charge in [0.05, 0.1) is 5.56 Å². The van der Waals surface area contributed by atoms with Crippen molar-refractivity contribution in [1.82, 2.24) is 0 Å². The second kappa shape index (κ2) is 4.39. The predicted octanol–water partition coefficient (Wildman–Crippen LogP) is 0.824. The average Bonchev–Trinajstić information content (AvgIpc) is 1.89. The summed E-state index contributed by atoms with van der Waals surface area (Å²) in [6.45, 7) is 0. The van der Waals surface area contributed by atoms with Crippen LogP contribution in [0.2, 0.25) is 0 Å². The Morgan fingerprint density at radius 2 is 1.90 bits per heavy atom. The van der Waals surface area contributed by atoms with E-state index >= 15 is 0 Å². The molecule has 0 saturated carbocycles. The van der Waals surface area contributed by atoms with Crippen LogP contribution in [0.5, 0.6) is 5.75 Å². The molecule has 3 radical (unpaired) electrons. The normalized spacial score (nSPS) is 8.00. The summed E-state index contributed by atoms with van der Waals surface area (Å²) in [7, 11) is 0. The van der Waals surface area contributed by atoms with Crippen LogP contribution in [0.25, 0.3) is 0 Å². The van der Waals surface area contributed by atoms with E-state index in [9.17, 15) is 4.79 Å². The van der Waals surface area contributed by atoms with Gasteiger partial charge in [-0.3, -0.25) is 4.79 Å². The monoisotopic (exact) mass is 237 g/mol. The molecule has 0 heterocycles. The standard InChI is InChI=1S/C7H6O2.In/c8-5-6-3-1-2-4-7(6)9;/h1-5,9H;. The summed E-state index contributed by atoms with van der Waals surface area (Å²) in [6.07, 6.45) is 0.620. The fourth-order valence-electron chi connectivity index (χ4n) is 0.587. The van der Waals surface area contributed by atoms with Gasteiger partial charge < -0.3 is 5.11 Å². The minimum Gasteiger partial charge on any atom is -0.507 e. The topological polar surface area (TPSA) is 37.3 Å². The van der Waals surface area contributed by atoms with E-state index in [4.69, 9.17) is 5.11 Å². The van der Waals surface area contributed by atoms with Crippen LogP contribution in [0.4, 0.5) is 0 Å². The van der Waals surface area contributed by atoms with E-state index < -0.39 is 0 Å². The summed E-state index contributed by atoms with van der Waals surface area (Å²) in [5.74, 6) is 0.0347. The first kappa shape index (κ1) is 9.56. The minimum absolute atomic E-state index is 0. The van der Waals surface area contributed by atoms with Gasteiger partial charge in [0.25, 0.3) is 0 Å². The van der Waals surface area contributed by atoms with E-state index in [-0.39, 0.29) is 31.6 Å². The zero-order valence-electron chi connectivity index (χ0n) is 5.32. The third kappa shape index (κ3) is 2.06. The van der Waals surface area contributed by atoms with Crippen molar-refractivity contribution in [2.75, 3.05) is 0 Å². The van der Waals surface area contributed by atoms with Gasteiger partial charge in [0.15, 0.2) is 6.29 Å². The third-order valence-corrected chi connectivity index (χ3v) is 1.06. The molecule has 0 atom stereocenters. The number of hydrogen-bond donors (Lipinski definition) is 1. The molecular formula is C7H6InO2. The van der Waals surface area contributed by atoms with Crippen molar-refractivity contribution in [2.45, 2.75) is 0 Å². The first-order chi connectivity index (χ1) is 4.34. The van der Waals surface area contributed by atoms with Gasteiger partial charge in [-0.25, -0.2) is 0 Å². The number of carbonyl (C=O) groups excluding carboxylic acids is 1. The Balaban J connectivity index is 0.000000810. The maximum atomic E-state index is 10.1. The zero-order chi connectivity index (χ0) is 6.69. The number of carbonyl (C=O) groups is 1. The quantitative estimate of drug-likeness (QED) is 0.734. The number of benzene rings is 1. The predicted molar refractivity (Wildman–Crippen MR) is 39.2 cm³/mol. The molecule has 0 spiro atoms. The Bertz CT molecular complexity index is 223. The Labute approximate surface area is 77.7 Å². The Morgan fingerprint density at radius 1 is 1.30 bits per heavy atom. The zero-order valence-corrected chi connectivity index (χ0v) is 8.62. The van der Waals surface area contributed by atoms with Crippen LogP contribution in [0.1, 0.15) is 10.4 Å². The van der Waals surface area contributed by atoms with Crippen molar-refractivity contribution >= 4 is 32.1 Å². The number of hydrogen-bond acceptors (Lipinski definition) is 2. The van der Waals surface area contributed by atoms with Crippen LogP contribution in [0.15, 0.2) is 24.3 Å². The molecule has 1 rings (SSSR count). The molecule has 49 valence electrons. The van der Waals surface area contributed by atoms with E-state index in [2.05, 4.69) is 0 Å². The Hall–Kier alpha value is -0.440. The van der Waals surface area contributed by atoms with Crippen molar-refractivity contribution in [3.63, 3.8) is 0 Å². The smallest absolute Gasteiger partial charge is 0.153 e. The van der Waals surface area contributed by atoms with Gasteiger partial charge in [-0.05, 0) is 12.1 Å². The molecule has 0 fully saturated rings. The average molecular weight is 237 g/mol. The van der Waals surface area contributed by atoms with Gasteiger partial charge in [0.1, 0.15) is 5.75 Å². The van der Waals surface area contributed by atoms with Crippen LogP contribution in [-0.4, -0.2) is 37.2 Å². The molecule has 0 aliphatic rings. The SMILES string of the molecule is O=Cc1ccccc1O.[In]. The van der Waals surface area contributed by atoms with Crippen LogP contribution in [0.3, 0.4) is 0 Å². The van der Waals surface area contributed by atoms with E-state index in [0.717, 1.165) is 0 Å². The maximum Gasteiger partial charge on any atom is 0.153 e. The molecule has 1 aromatic rings. The maximum absolute atomic E-state index is 10.1. The van der Waals surface area contributed by atoms with Gasteiger partial charge in [0, 0.05) is 25.8 Å². The number of aromatic hydroxyl groups is 1. The molecular weight excluding hydrogens is 231 g/mol. The van der Waals surface area contributed by atoms with Crippen molar-refractivity contribution in [2.24, 2.45) is 0 Å². The fraction of sp³-hybridized carbons (Fsp3) is 0. The summed E-state index contributed by atoms with van der Waals surface area (Å²) >= 11 is 0. The van der Waals surface area contributed by atoms with Gasteiger partial charge in [-0.1, -0.05) is 12.1 Å². The van der Waals surface area contributed by atoms with E-state index in [1.807, 2.05) is 0 Å². The molecule has 0 unspecified atom stereocenters. The number of phenolic OH excluding ortho intramolecular Hbond substituents is 1. The molecule has 10 heavy (non-hydrogen) atoms. The molecule has 3 heteroatoms. The van der Waals surface area contributed by atoms with Gasteiger partial charge in [0.2, 0.25) is 0 Å². The number of phenols is 1. The third-order valence-electron chi connectivity index (χ3n) is 1.06. The molecule has 0 aromatic heterocycles. The molecule has 1 aromatic carbocycles. The molecule has 0 aliphatic heterocycles. The van der Waals surface area contributed by atoms with Crippen LogP contribution in [-0.2, 0) is 0 Å². The molecule has 0 aliphatic carbocycles. The largest absolute Gasteiger partial charge is 0.507 e. The van der Waals surface area contributed by atoms with Crippen molar-refractivity contribution in [3.8, 4) is 5.75 Å². The van der Waals surface area contributed by atoms with Crippen molar-refractivity contribution in [1.29, 1.82) is 0 Å². The summed E-state index contributed by atoms with van der Waals surface area (Å²) in [5.41, 5.74) is 0.331.